The van der Waals surface area contributed by atoms with Crippen molar-refractivity contribution >= 4 is 17.7 Å². The van der Waals surface area contributed by atoms with E-state index < -0.39 is 40.9 Å². The highest BCUT2D eigenvalue weighted by molar-refractivity contribution is 6.04. The Hall–Kier alpha value is -2.35. The van der Waals surface area contributed by atoms with Crippen molar-refractivity contribution in [2.24, 2.45) is 17.8 Å². The molecule has 2 unspecified atom stereocenters. The van der Waals surface area contributed by atoms with E-state index in [1.54, 1.807) is 6.08 Å². The van der Waals surface area contributed by atoms with Crippen molar-refractivity contribution in [3.63, 3.8) is 0 Å². The lowest BCUT2D eigenvalue weighted by molar-refractivity contribution is -0.179. The van der Waals surface area contributed by atoms with Gasteiger partial charge in [0.15, 0.2) is 11.5 Å². The number of carbonyl (C=O) groups excluding carboxylic acids is 2. The number of carboxylic acid groups (broad SMARTS) is 1. The fraction of sp³-hybridized carbons (Fsp3) is 0.741. The van der Waals surface area contributed by atoms with E-state index in [1.807, 2.05) is 6.92 Å². The number of carbonyl (C=O) groups is 3. The molecule has 1 aliphatic heterocycles. The Labute approximate surface area is 209 Å². The van der Waals surface area contributed by atoms with Gasteiger partial charge in [-0.05, 0) is 37.5 Å². The third-order valence-electron chi connectivity index (χ3n) is 6.83. The normalized spacial score (nSPS) is 21.2. The highest BCUT2D eigenvalue weighted by atomic mass is 16.6. The van der Waals surface area contributed by atoms with Crippen molar-refractivity contribution in [2.45, 2.75) is 111 Å². The SMILES string of the molecule is CC(=CCC(=O)[C@]1([C@@H](O)C(=O)O)OC(=O)C(O)=C1O)CCCC(C)CCCC(C)CCCC(C)C. The highest BCUT2D eigenvalue weighted by Gasteiger charge is 2.61. The van der Waals surface area contributed by atoms with Crippen molar-refractivity contribution in [3.8, 4) is 0 Å². The molecule has 1 heterocycles. The predicted molar refractivity (Wildman–Crippen MR) is 133 cm³/mol. The number of esters is 1. The van der Waals surface area contributed by atoms with E-state index in [0.717, 1.165) is 36.7 Å². The second-order valence-corrected chi connectivity index (χ2v) is 10.6. The van der Waals surface area contributed by atoms with Gasteiger partial charge in [-0.25, -0.2) is 9.59 Å². The van der Waals surface area contributed by atoms with Gasteiger partial charge in [-0.15, -0.1) is 0 Å². The molecule has 0 radical (unpaired) electrons. The van der Waals surface area contributed by atoms with Gasteiger partial charge in [0.05, 0.1) is 0 Å². The largest absolute Gasteiger partial charge is 0.504 e. The molecule has 0 aromatic rings. The van der Waals surface area contributed by atoms with Gasteiger partial charge in [-0.1, -0.05) is 84.3 Å². The summed E-state index contributed by atoms with van der Waals surface area (Å²) in [6, 6.07) is 0. The summed E-state index contributed by atoms with van der Waals surface area (Å²) in [6.45, 7) is 11.0. The van der Waals surface area contributed by atoms with Gasteiger partial charge in [0.2, 0.25) is 11.9 Å². The van der Waals surface area contributed by atoms with Crippen molar-refractivity contribution in [1.82, 2.24) is 0 Å². The topological polar surface area (TPSA) is 141 Å². The first-order valence-electron chi connectivity index (χ1n) is 12.8. The van der Waals surface area contributed by atoms with Gasteiger partial charge < -0.3 is 25.2 Å². The zero-order valence-electron chi connectivity index (χ0n) is 21.9. The van der Waals surface area contributed by atoms with E-state index in [1.165, 1.54) is 38.5 Å². The van der Waals surface area contributed by atoms with E-state index in [-0.39, 0.29) is 6.42 Å². The number of hydrogen-bond donors (Lipinski definition) is 4. The van der Waals surface area contributed by atoms with E-state index in [2.05, 4.69) is 32.4 Å². The number of ketones is 1. The number of carboxylic acids is 1. The maximum atomic E-state index is 12.7. The van der Waals surface area contributed by atoms with Gasteiger partial charge in [0, 0.05) is 6.42 Å². The third-order valence-corrected chi connectivity index (χ3v) is 6.83. The zero-order chi connectivity index (χ0) is 26.8. The molecule has 8 nitrogen and oxygen atoms in total. The Bertz CT molecular complexity index is 797. The minimum Gasteiger partial charge on any atom is -0.504 e. The van der Waals surface area contributed by atoms with Crippen LogP contribution in [-0.4, -0.2) is 49.9 Å². The summed E-state index contributed by atoms with van der Waals surface area (Å²) in [5, 5.41) is 38.7. The van der Waals surface area contributed by atoms with Gasteiger partial charge in [-0.2, -0.15) is 0 Å². The van der Waals surface area contributed by atoms with Crippen molar-refractivity contribution < 1.29 is 39.5 Å². The minimum absolute atomic E-state index is 0.370. The summed E-state index contributed by atoms with van der Waals surface area (Å²) >= 11 is 0. The van der Waals surface area contributed by atoms with Crippen LogP contribution in [-0.2, 0) is 19.1 Å². The van der Waals surface area contributed by atoms with Crippen LogP contribution in [0, 0.1) is 17.8 Å². The number of hydrogen-bond acceptors (Lipinski definition) is 7. The number of allylic oxidation sites excluding steroid dienone is 2. The quantitative estimate of drug-likeness (QED) is 0.155. The number of aliphatic hydroxyl groups excluding tert-OH is 3. The van der Waals surface area contributed by atoms with E-state index in [4.69, 9.17) is 5.11 Å². The van der Waals surface area contributed by atoms with Crippen molar-refractivity contribution in [2.75, 3.05) is 0 Å². The van der Waals surface area contributed by atoms with Crippen LogP contribution in [0.5, 0.6) is 0 Å². The summed E-state index contributed by atoms with van der Waals surface area (Å²) in [7, 11) is 0. The van der Waals surface area contributed by atoms with Crippen molar-refractivity contribution in [3.05, 3.63) is 23.2 Å². The smallest absolute Gasteiger partial charge is 0.378 e. The van der Waals surface area contributed by atoms with Crippen LogP contribution in [0.2, 0.25) is 0 Å². The van der Waals surface area contributed by atoms with E-state index >= 15 is 0 Å². The van der Waals surface area contributed by atoms with Crippen LogP contribution >= 0.6 is 0 Å². The molecule has 0 spiro atoms. The molecule has 0 fully saturated rings. The van der Waals surface area contributed by atoms with E-state index in [0.29, 0.717) is 5.92 Å². The summed E-state index contributed by atoms with van der Waals surface area (Å²) in [5.41, 5.74) is -1.95. The Balaban J connectivity index is 2.48. The molecule has 0 aliphatic carbocycles. The van der Waals surface area contributed by atoms with E-state index in [9.17, 15) is 29.7 Å². The summed E-state index contributed by atoms with van der Waals surface area (Å²) in [6.07, 6.45) is 8.95. The minimum atomic E-state index is -2.84. The standard InChI is InChI=1S/C27H44O8/c1-17(2)9-6-10-18(3)11-7-12-19(4)13-8-14-20(5)15-16-21(28)27(24(31)25(32)33)23(30)22(29)26(34)35-27/h15,17-19,24,29-31H,6-14,16H2,1-5H3,(H,32,33)/t18?,19?,24-,27-/m0/s1. The second kappa shape index (κ2) is 14.3. The molecule has 8 heteroatoms. The molecular weight excluding hydrogens is 452 g/mol. The first-order chi connectivity index (χ1) is 16.3. The molecule has 35 heavy (non-hydrogen) atoms. The fourth-order valence-corrected chi connectivity index (χ4v) is 4.44. The highest BCUT2D eigenvalue weighted by Crippen LogP contribution is 2.36. The fourth-order valence-electron chi connectivity index (χ4n) is 4.44. The summed E-state index contributed by atoms with van der Waals surface area (Å²) < 4.78 is 4.67. The van der Waals surface area contributed by atoms with Crippen LogP contribution in [0.25, 0.3) is 0 Å². The molecule has 0 aromatic heterocycles. The number of ether oxygens (including phenoxy) is 1. The third kappa shape index (κ3) is 8.98. The number of Topliss-reactive ketones (excluding diaryl/α,β-unsaturated/α-hetero) is 1. The van der Waals surface area contributed by atoms with Gasteiger partial charge in [0.1, 0.15) is 0 Å². The first-order valence-corrected chi connectivity index (χ1v) is 12.8. The van der Waals surface area contributed by atoms with Gasteiger partial charge >= 0.3 is 11.9 Å². The molecule has 0 bridgehead atoms. The first kappa shape index (κ1) is 30.7. The Kier molecular flexibility index (Phi) is 12.5. The number of aliphatic hydroxyl groups is 3. The van der Waals surface area contributed by atoms with Crippen molar-refractivity contribution in [1.29, 1.82) is 0 Å². The molecule has 1 rings (SSSR count). The maximum absolute atomic E-state index is 12.7. The number of cyclic esters (lactones) is 1. The molecule has 4 N–H and O–H groups in total. The Morgan fingerprint density at radius 1 is 0.943 bits per heavy atom. The molecular formula is C27H44O8. The van der Waals surface area contributed by atoms with Crippen LogP contribution in [0.15, 0.2) is 23.2 Å². The molecule has 0 saturated heterocycles. The Morgan fingerprint density at radius 2 is 1.46 bits per heavy atom. The van der Waals surface area contributed by atoms with Gasteiger partial charge in [-0.3, -0.25) is 4.79 Å². The summed E-state index contributed by atoms with van der Waals surface area (Å²) in [4.78, 5) is 35.6. The average Bonchev–Trinajstić information content (AvgIpc) is 3.01. The monoisotopic (exact) mass is 496 g/mol. The Morgan fingerprint density at radius 3 is 1.91 bits per heavy atom. The van der Waals surface area contributed by atoms with Gasteiger partial charge in [0.25, 0.3) is 5.60 Å². The zero-order valence-corrected chi connectivity index (χ0v) is 21.9. The second-order valence-electron chi connectivity index (χ2n) is 10.6. The predicted octanol–water partition coefficient (Wildman–Crippen LogP) is 5.40. The summed E-state index contributed by atoms with van der Waals surface area (Å²) in [5.74, 6) is -4.78. The lowest BCUT2D eigenvalue weighted by Crippen LogP contribution is -2.55. The lowest BCUT2D eigenvalue weighted by Gasteiger charge is -2.28. The molecule has 1 aliphatic rings. The van der Waals surface area contributed by atoms with Crippen LogP contribution in [0.3, 0.4) is 0 Å². The molecule has 0 amide bonds. The molecule has 0 saturated carbocycles. The van der Waals surface area contributed by atoms with Crippen LogP contribution in [0.4, 0.5) is 0 Å². The van der Waals surface area contributed by atoms with Crippen LogP contribution in [0.1, 0.15) is 98.8 Å². The van der Waals surface area contributed by atoms with Crippen LogP contribution < -0.4 is 0 Å². The molecule has 4 atom stereocenters. The lowest BCUT2D eigenvalue weighted by atomic mass is 9.87. The molecule has 200 valence electrons. The number of aliphatic carboxylic acids is 1. The number of rotatable bonds is 17. The molecule has 0 aromatic carbocycles. The maximum Gasteiger partial charge on any atom is 0.378 e. The average molecular weight is 497 g/mol.